The molecule has 10 heteroatoms. The number of halogens is 4. The van der Waals surface area contributed by atoms with Gasteiger partial charge in [0.2, 0.25) is 0 Å². The van der Waals surface area contributed by atoms with Crippen LogP contribution in [-0.2, 0) is 0 Å². The Bertz CT molecular complexity index is 1170. The predicted molar refractivity (Wildman–Crippen MR) is 122 cm³/mol. The van der Waals surface area contributed by atoms with E-state index in [1.807, 2.05) is 0 Å². The molecule has 0 unspecified atom stereocenters. The lowest BCUT2D eigenvalue weighted by atomic mass is 10.1. The van der Waals surface area contributed by atoms with Gasteiger partial charge in [-0.3, -0.25) is 25.2 Å². The van der Waals surface area contributed by atoms with E-state index in [0.717, 1.165) is 0 Å². The average Bonchev–Trinajstić information content (AvgIpc) is 2.72. The van der Waals surface area contributed by atoms with Crippen LogP contribution >= 0.6 is 46.4 Å². The molecule has 6 nitrogen and oxygen atoms in total. The summed E-state index contributed by atoms with van der Waals surface area (Å²) < 4.78 is 0. The highest BCUT2D eigenvalue weighted by Crippen LogP contribution is 2.22. The molecule has 0 fully saturated rings. The zero-order valence-electron chi connectivity index (χ0n) is 15.5. The Labute approximate surface area is 197 Å². The summed E-state index contributed by atoms with van der Waals surface area (Å²) in [6, 6.07) is 14.9. The van der Waals surface area contributed by atoms with Gasteiger partial charge < -0.3 is 5.32 Å². The minimum atomic E-state index is -0.598. The number of amides is 3. The topological polar surface area (TPSA) is 87.3 Å². The van der Waals surface area contributed by atoms with Crippen LogP contribution in [0.4, 0.5) is 5.69 Å². The van der Waals surface area contributed by atoms with E-state index in [4.69, 9.17) is 46.4 Å². The van der Waals surface area contributed by atoms with Crippen molar-refractivity contribution in [3.63, 3.8) is 0 Å². The maximum atomic E-state index is 12.3. The number of benzene rings is 3. The minimum Gasteiger partial charge on any atom is -0.322 e. The van der Waals surface area contributed by atoms with Crippen molar-refractivity contribution >= 4 is 69.8 Å². The second kappa shape index (κ2) is 10.0. The van der Waals surface area contributed by atoms with Crippen molar-refractivity contribution in [2.24, 2.45) is 0 Å². The van der Waals surface area contributed by atoms with E-state index in [1.54, 1.807) is 6.07 Å². The van der Waals surface area contributed by atoms with Crippen LogP contribution in [-0.4, -0.2) is 17.7 Å². The fourth-order valence-corrected chi connectivity index (χ4v) is 3.49. The third-order valence-electron chi connectivity index (χ3n) is 4.05. The monoisotopic (exact) mass is 495 g/mol. The van der Waals surface area contributed by atoms with Gasteiger partial charge in [0.05, 0.1) is 21.2 Å². The summed E-state index contributed by atoms with van der Waals surface area (Å²) in [6.45, 7) is 0. The summed E-state index contributed by atoms with van der Waals surface area (Å²) >= 11 is 23.6. The van der Waals surface area contributed by atoms with Crippen LogP contribution in [0.1, 0.15) is 31.1 Å². The lowest BCUT2D eigenvalue weighted by Gasteiger charge is -2.10. The molecule has 0 atom stereocenters. The number of nitrogens with one attached hydrogen (secondary N) is 3. The number of rotatable bonds is 4. The van der Waals surface area contributed by atoms with Crippen LogP contribution in [0.15, 0.2) is 60.7 Å². The van der Waals surface area contributed by atoms with Crippen LogP contribution < -0.4 is 16.2 Å². The number of hydrogen-bond donors (Lipinski definition) is 3. The van der Waals surface area contributed by atoms with Gasteiger partial charge in [0.1, 0.15) is 0 Å². The fourth-order valence-electron chi connectivity index (χ4n) is 2.50. The van der Waals surface area contributed by atoms with Crippen LogP contribution in [0, 0.1) is 0 Å². The van der Waals surface area contributed by atoms with E-state index in [0.29, 0.717) is 15.7 Å². The number of carbonyl (C=O) groups is 3. The summed E-state index contributed by atoms with van der Waals surface area (Å²) in [5.41, 5.74) is 5.69. The largest absolute Gasteiger partial charge is 0.322 e. The molecule has 0 heterocycles. The van der Waals surface area contributed by atoms with E-state index in [1.165, 1.54) is 54.6 Å². The molecule has 0 aromatic heterocycles. The van der Waals surface area contributed by atoms with Gasteiger partial charge >= 0.3 is 0 Å². The highest BCUT2D eigenvalue weighted by atomic mass is 35.5. The fraction of sp³-hybridized carbons (Fsp3) is 0. The minimum absolute atomic E-state index is 0.153. The van der Waals surface area contributed by atoms with E-state index in [2.05, 4.69) is 16.2 Å². The highest BCUT2D eigenvalue weighted by Gasteiger charge is 2.14. The van der Waals surface area contributed by atoms with Gasteiger partial charge in [-0.1, -0.05) is 46.4 Å². The Morgan fingerprint density at radius 3 is 1.58 bits per heavy atom. The molecule has 31 heavy (non-hydrogen) atoms. The van der Waals surface area contributed by atoms with Gasteiger partial charge in [-0.25, -0.2) is 0 Å². The molecular weight excluding hydrogens is 484 g/mol. The third-order valence-corrected chi connectivity index (χ3v) is 5.14. The van der Waals surface area contributed by atoms with Crippen molar-refractivity contribution in [2.75, 3.05) is 5.32 Å². The molecule has 0 saturated heterocycles. The second-order valence-corrected chi connectivity index (χ2v) is 7.88. The Morgan fingerprint density at radius 2 is 1.06 bits per heavy atom. The molecule has 0 saturated carbocycles. The van der Waals surface area contributed by atoms with Gasteiger partial charge in [-0.05, 0) is 60.7 Å². The maximum Gasteiger partial charge on any atom is 0.271 e. The van der Waals surface area contributed by atoms with E-state index in [9.17, 15) is 14.4 Å². The molecule has 0 aliphatic carbocycles. The van der Waals surface area contributed by atoms with Gasteiger partial charge in [0.15, 0.2) is 0 Å². The van der Waals surface area contributed by atoms with Gasteiger partial charge in [0.25, 0.3) is 17.7 Å². The zero-order valence-corrected chi connectivity index (χ0v) is 18.5. The Morgan fingerprint density at radius 1 is 0.581 bits per heavy atom. The molecule has 3 amide bonds. The van der Waals surface area contributed by atoms with Crippen molar-refractivity contribution in [1.29, 1.82) is 0 Å². The van der Waals surface area contributed by atoms with Crippen molar-refractivity contribution in [3.05, 3.63) is 97.4 Å². The van der Waals surface area contributed by atoms with Gasteiger partial charge in [-0.2, -0.15) is 0 Å². The molecule has 0 radical (unpaired) electrons. The quantitative estimate of drug-likeness (QED) is 0.409. The summed E-state index contributed by atoms with van der Waals surface area (Å²) in [5, 5.41) is 3.85. The van der Waals surface area contributed by atoms with Crippen molar-refractivity contribution < 1.29 is 14.4 Å². The van der Waals surface area contributed by atoms with Gasteiger partial charge in [0, 0.05) is 21.3 Å². The molecule has 0 aliphatic heterocycles. The first-order valence-corrected chi connectivity index (χ1v) is 10.2. The zero-order chi connectivity index (χ0) is 22.5. The molecule has 0 spiro atoms. The van der Waals surface area contributed by atoms with E-state index >= 15 is 0 Å². The third kappa shape index (κ3) is 5.89. The normalized spacial score (nSPS) is 10.3. The lowest BCUT2D eigenvalue weighted by Crippen LogP contribution is -2.41. The molecular formula is C21H13Cl4N3O3. The number of carbonyl (C=O) groups excluding carboxylic acids is 3. The van der Waals surface area contributed by atoms with Crippen LogP contribution in [0.25, 0.3) is 0 Å². The molecule has 3 aromatic carbocycles. The molecule has 0 bridgehead atoms. The van der Waals surface area contributed by atoms with Crippen molar-refractivity contribution in [3.8, 4) is 0 Å². The first-order valence-electron chi connectivity index (χ1n) is 8.67. The second-order valence-electron chi connectivity index (χ2n) is 6.19. The van der Waals surface area contributed by atoms with Crippen LogP contribution in [0.5, 0.6) is 0 Å². The Hall–Kier alpha value is -2.77. The average molecular weight is 497 g/mol. The number of hydrazine groups is 1. The summed E-state index contributed by atoms with van der Waals surface area (Å²) in [6.07, 6.45) is 0. The SMILES string of the molecule is O=C(NNC(=O)c1ccc(Cl)cc1Cl)c1ccc(NC(=O)c2ccc(Cl)cc2Cl)cc1. The first kappa shape index (κ1) is 22.9. The highest BCUT2D eigenvalue weighted by molar-refractivity contribution is 6.37. The Balaban J connectivity index is 1.59. The number of hydrogen-bond acceptors (Lipinski definition) is 3. The van der Waals surface area contributed by atoms with E-state index in [-0.39, 0.29) is 26.7 Å². The lowest BCUT2D eigenvalue weighted by molar-refractivity contribution is 0.0847. The molecule has 3 N–H and O–H groups in total. The van der Waals surface area contributed by atoms with Crippen LogP contribution in [0.2, 0.25) is 20.1 Å². The standard InChI is InChI=1S/C21H13Cl4N3O3/c22-12-3-7-15(17(24)9-12)20(30)26-14-5-1-11(2-6-14)19(29)27-28-21(31)16-8-4-13(23)10-18(16)25/h1-10H,(H,26,30)(H,27,29)(H,28,31). The van der Waals surface area contributed by atoms with Gasteiger partial charge in [-0.15, -0.1) is 0 Å². The molecule has 3 aromatic rings. The molecule has 0 aliphatic rings. The molecule has 3 rings (SSSR count). The first-order chi connectivity index (χ1) is 14.7. The van der Waals surface area contributed by atoms with Crippen molar-refractivity contribution in [2.45, 2.75) is 0 Å². The summed E-state index contributed by atoms with van der Waals surface area (Å²) in [7, 11) is 0. The number of anilines is 1. The maximum absolute atomic E-state index is 12.3. The smallest absolute Gasteiger partial charge is 0.271 e. The predicted octanol–water partition coefficient (Wildman–Crippen LogP) is 5.63. The van der Waals surface area contributed by atoms with E-state index < -0.39 is 17.7 Å². The van der Waals surface area contributed by atoms with Crippen LogP contribution in [0.3, 0.4) is 0 Å². The van der Waals surface area contributed by atoms with Crippen molar-refractivity contribution in [1.82, 2.24) is 10.9 Å². The summed E-state index contributed by atoms with van der Waals surface area (Å²) in [5.74, 6) is -1.58. The summed E-state index contributed by atoms with van der Waals surface area (Å²) in [4.78, 5) is 36.7. The molecule has 158 valence electrons. The Kier molecular flexibility index (Phi) is 7.41.